The Morgan fingerprint density at radius 2 is 2.10 bits per heavy atom. The number of thiophene rings is 1. The van der Waals surface area contributed by atoms with Crippen LogP contribution in [0.25, 0.3) is 10.1 Å². The van der Waals surface area contributed by atoms with Gasteiger partial charge in [0.25, 0.3) is 5.91 Å². The summed E-state index contributed by atoms with van der Waals surface area (Å²) < 4.78 is 1.20. The summed E-state index contributed by atoms with van der Waals surface area (Å²) in [5.41, 5.74) is 1.12. The molecule has 2 aromatic rings. The van der Waals surface area contributed by atoms with Gasteiger partial charge in [-0.1, -0.05) is 18.2 Å². The number of fused-ring (bicyclic) bond motifs is 1. The Morgan fingerprint density at radius 1 is 1.29 bits per heavy atom. The van der Waals surface area contributed by atoms with Crippen LogP contribution in [0.5, 0.6) is 0 Å². The van der Waals surface area contributed by atoms with Crippen LogP contribution < -0.4 is 5.32 Å². The van der Waals surface area contributed by atoms with Crippen molar-refractivity contribution in [3.63, 3.8) is 0 Å². The van der Waals surface area contributed by atoms with Crippen LogP contribution in [-0.2, 0) is 0 Å². The average Bonchev–Trinajstić information content (AvgIpc) is 3.15. The van der Waals surface area contributed by atoms with Crippen molar-refractivity contribution in [1.82, 2.24) is 10.2 Å². The molecule has 1 aliphatic heterocycles. The maximum absolute atomic E-state index is 12.6. The number of amides is 1. The molecule has 1 N–H and O–H groups in total. The number of nitrogens with one attached hydrogen (secondary N) is 1. The van der Waals surface area contributed by atoms with E-state index in [4.69, 9.17) is 0 Å². The number of nitrogens with zero attached hydrogens (tertiary/aromatic N) is 1. The molecule has 2 aliphatic rings. The van der Waals surface area contributed by atoms with Gasteiger partial charge in [-0.25, -0.2) is 0 Å². The number of carbonyl (C=O) groups is 1. The molecule has 2 fully saturated rings. The van der Waals surface area contributed by atoms with E-state index in [1.54, 1.807) is 11.3 Å². The molecule has 0 unspecified atom stereocenters. The lowest BCUT2D eigenvalue weighted by atomic mass is 10.1. The minimum absolute atomic E-state index is 0.108. The van der Waals surface area contributed by atoms with Crippen LogP contribution in [0.15, 0.2) is 24.3 Å². The second-order valence-corrected chi connectivity index (χ2v) is 7.29. The third-order valence-corrected chi connectivity index (χ3v) is 5.94. The minimum Gasteiger partial charge on any atom is -0.347 e. The van der Waals surface area contributed by atoms with Gasteiger partial charge >= 0.3 is 0 Å². The Hall–Kier alpha value is -1.39. The van der Waals surface area contributed by atoms with E-state index in [2.05, 4.69) is 29.3 Å². The lowest BCUT2D eigenvalue weighted by Crippen LogP contribution is -2.37. The summed E-state index contributed by atoms with van der Waals surface area (Å²) in [4.78, 5) is 16.0. The normalized spacial score (nSPS) is 22.8. The van der Waals surface area contributed by atoms with Crippen LogP contribution in [0.3, 0.4) is 0 Å². The van der Waals surface area contributed by atoms with Crippen molar-refractivity contribution >= 4 is 27.3 Å². The van der Waals surface area contributed by atoms with Crippen molar-refractivity contribution in [3.8, 4) is 0 Å². The average molecular weight is 300 g/mol. The Labute approximate surface area is 128 Å². The van der Waals surface area contributed by atoms with Gasteiger partial charge in [-0.2, -0.15) is 0 Å². The zero-order valence-electron chi connectivity index (χ0n) is 12.3. The van der Waals surface area contributed by atoms with Crippen LogP contribution in [0.2, 0.25) is 0 Å². The van der Waals surface area contributed by atoms with Gasteiger partial charge in [0.15, 0.2) is 0 Å². The molecule has 1 saturated carbocycles. The Morgan fingerprint density at radius 3 is 2.86 bits per heavy atom. The summed E-state index contributed by atoms with van der Waals surface area (Å²) in [5.74, 6) is 0.108. The molecule has 2 heterocycles. The summed E-state index contributed by atoms with van der Waals surface area (Å²) in [5, 5.41) is 4.45. The second-order valence-electron chi connectivity index (χ2n) is 6.24. The highest BCUT2D eigenvalue weighted by Gasteiger charge is 2.35. The molecule has 1 aromatic heterocycles. The summed E-state index contributed by atoms with van der Waals surface area (Å²) in [7, 11) is 0. The highest BCUT2D eigenvalue weighted by Crippen LogP contribution is 2.32. The number of hydrogen-bond acceptors (Lipinski definition) is 3. The lowest BCUT2D eigenvalue weighted by molar-refractivity contribution is 0.0941. The largest absolute Gasteiger partial charge is 0.347 e. The molecule has 4 rings (SSSR count). The molecule has 0 radical (unpaired) electrons. The number of benzene rings is 1. The number of aryl methyl sites for hydroxylation is 1. The molecule has 1 atom stereocenters. The first-order valence-electron chi connectivity index (χ1n) is 7.75. The van der Waals surface area contributed by atoms with Crippen molar-refractivity contribution < 1.29 is 4.79 Å². The fourth-order valence-corrected chi connectivity index (χ4v) is 4.43. The first-order chi connectivity index (χ1) is 10.2. The number of hydrogen-bond donors (Lipinski definition) is 1. The molecule has 0 bridgehead atoms. The highest BCUT2D eigenvalue weighted by atomic mass is 32.1. The zero-order valence-corrected chi connectivity index (χ0v) is 13.1. The van der Waals surface area contributed by atoms with Gasteiger partial charge in [-0.05, 0) is 43.2 Å². The fraction of sp³-hybridized carbons (Fsp3) is 0.471. The molecule has 1 aliphatic carbocycles. The third kappa shape index (κ3) is 2.47. The van der Waals surface area contributed by atoms with Crippen LogP contribution in [-0.4, -0.2) is 36.0 Å². The van der Waals surface area contributed by atoms with Crippen LogP contribution >= 0.6 is 11.3 Å². The van der Waals surface area contributed by atoms with Gasteiger partial charge in [0, 0.05) is 29.9 Å². The van der Waals surface area contributed by atoms with E-state index < -0.39 is 0 Å². The third-order valence-electron chi connectivity index (χ3n) is 4.67. The van der Waals surface area contributed by atoms with E-state index in [1.165, 1.54) is 22.9 Å². The number of rotatable bonds is 3. The molecule has 1 amide bonds. The van der Waals surface area contributed by atoms with Crippen molar-refractivity contribution in [2.45, 2.75) is 38.3 Å². The lowest BCUT2D eigenvalue weighted by Gasteiger charge is -2.15. The Kier molecular flexibility index (Phi) is 3.23. The molecule has 110 valence electrons. The highest BCUT2D eigenvalue weighted by molar-refractivity contribution is 7.21. The van der Waals surface area contributed by atoms with Crippen LogP contribution in [0.1, 0.15) is 34.5 Å². The Bertz CT molecular complexity index is 689. The Balaban J connectivity index is 1.50. The van der Waals surface area contributed by atoms with E-state index >= 15 is 0 Å². The minimum atomic E-state index is 0.108. The monoisotopic (exact) mass is 300 g/mol. The smallest absolute Gasteiger partial charge is 0.261 e. The van der Waals surface area contributed by atoms with Crippen molar-refractivity contribution in [2.24, 2.45) is 0 Å². The summed E-state index contributed by atoms with van der Waals surface area (Å²) >= 11 is 1.61. The first-order valence-corrected chi connectivity index (χ1v) is 8.57. The predicted molar refractivity (Wildman–Crippen MR) is 87.0 cm³/mol. The van der Waals surface area contributed by atoms with Gasteiger partial charge < -0.3 is 5.32 Å². The molecule has 4 heteroatoms. The van der Waals surface area contributed by atoms with E-state index in [0.717, 1.165) is 36.0 Å². The molecule has 1 aromatic carbocycles. The standard InChI is InChI=1S/C17H20N2OS/c1-11-14-4-2-3-5-15(14)21-16(11)17(20)18-12-8-9-19(10-12)13-6-7-13/h2-5,12-13H,6-10H2,1H3,(H,18,20)/t12-/m1/s1. The van der Waals surface area contributed by atoms with Gasteiger partial charge in [0.2, 0.25) is 0 Å². The summed E-state index contributed by atoms with van der Waals surface area (Å²) in [6.07, 6.45) is 3.78. The van der Waals surface area contributed by atoms with Gasteiger partial charge in [-0.15, -0.1) is 11.3 Å². The summed E-state index contributed by atoms with van der Waals surface area (Å²) in [6.45, 7) is 4.22. The van der Waals surface area contributed by atoms with Crippen molar-refractivity contribution in [3.05, 3.63) is 34.7 Å². The molecule has 1 saturated heterocycles. The van der Waals surface area contributed by atoms with Crippen molar-refractivity contribution in [2.75, 3.05) is 13.1 Å². The molecular weight excluding hydrogens is 280 g/mol. The second kappa shape index (κ2) is 5.11. The zero-order chi connectivity index (χ0) is 14.4. The topological polar surface area (TPSA) is 32.3 Å². The quantitative estimate of drug-likeness (QED) is 0.944. The molecule has 21 heavy (non-hydrogen) atoms. The van der Waals surface area contributed by atoms with Gasteiger partial charge in [-0.3, -0.25) is 9.69 Å². The van der Waals surface area contributed by atoms with Crippen molar-refractivity contribution in [1.29, 1.82) is 0 Å². The maximum Gasteiger partial charge on any atom is 0.261 e. The van der Waals surface area contributed by atoms with Crippen LogP contribution in [0, 0.1) is 6.92 Å². The predicted octanol–water partition coefficient (Wildman–Crippen LogP) is 3.18. The van der Waals surface area contributed by atoms with E-state index in [0.29, 0.717) is 6.04 Å². The van der Waals surface area contributed by atoms with Crippen LogP contribution in [0.4, 0.5) is 0 Å². The number of carbonyl (C=O) groups excluding carboxylic acids is 1. The van der Waals surface area contributed by atoms with Gasteiger partial charge in [0.05, 0.1) is 4.88 Å². The molecule has 3 nitrogen and oxygen atoms in total. The summed E-state index contributed by atoms with van der Waals surface area (Å²) in [6, 6.07) is 9.38. The maximum atomic E-state index is 12.6. The SMILES string of the molecule is Cc1c(C(=O)N[C@@H]2CCN(C3CC3)C2)sc2ccccc12. The van der Waals surface area contributed by atoms with E-state index in [-0.39, 0.29) is 5.91 Å². The van der Waals surface area contributed by atoms with E-state index in [1.807, 2.05) is 12.1 Å². The number of likely N-dealkylation sites (tertiary alicyclic amines) is 1. The molecular formula is C17H20N2OS. The molecule has 0 spiro atoms. The fourth-order valence-electron chi connectivity index (χ4n) is 3.32. The van der Waals surface area contributed by atoms with E-state index in [9.17, 15) is 4.79 Å². The van der Waals surface area contributed by atoms with Gasteiger partial charge in [0.1, 0.15) is 0 Å². The first kappa shape index (κ1) is 13.3.